The number of aromatic nitrogens is 1. The SMILES string of the molecule is CC(C)COc1nc(N2CCC(C)(C)C2)ccc1N. The summed E-state index contributed by atoms with van der Waals surface area (Å²) in [6.45, 7) is 11.5. The van der Waals surface area contributed by atoms with E-state index in [-0.39, 0.29) is 0 Å². The van der Waals surface area contributed by atoms with Gasteiger partial charge in [-0.3, -0.25) is 0 Å². The third-order valence-electron chi connectivity index (χ3n) is 3.43. The summed E-state index contributed by atoms with van der Waals surface area (Å²) in [7, 11) is 0. The van der Waals surface area contributed by atoms with Crippen LogP contribution in [-0.2, 0) is 0 Å². The lowest BCUT2D eigenvalue weighted by atomic mass is 9.93. The summed E-state index contributed by atoms with van der Waals surface area (Å²) in [6, 6.07) is 3.88. The van der Waals surface area contributed by atoms with Crippen molar-refractivity contribution < 1.29 is 4.74 Å². The van der Waals surface area contributed by atoms with Gasteiger partial charge in [0, 0.05) is 13.1 Å². The number of nitrogen functional groups attached to an aromatic ring is 1. The highest BCUT2D eigenvalue weighted by atomic mass is 16.5. The van der Waals surface area contributed by atoms with Crippen molar-refractivity contribution in [3.63, 3.8) is 0 Å². The van der Waals surface area contributed by atoms with Crippen molar-refractivity contribution in [2.24, 2.45) is 11.3 Å². The molecule has 1 fully saturated rings. The molecule has 19 heavy (non-hydrogen) atoms. The van der Waals surface area contributed by atoms with Gasteiger partial charge in [-0.25, -0.2) is 0 Å². The molecule has 0 atom stereocenters. The van der Waals surface area contributed by atoms with Crippen molar-refractivity contribution in [1.29, 1.82) is 0 Å². The maximum atomic E-state index is 5.92. The predicted octanol–water partition coefficient (Wildman–Crippen LogP) is 2.93. The van der Waals surface area contributed by atoms with E-state index in [4.69, 9.17) is 10.5 Å². The van der Waals surface area contributed by atoms with Crippen LogP contribution in [-0.4, -0.2) is 24.7 Å². The predicted molar refractivity (Wildman–Crippen MR) is 79.6 cm³/mol. The molecule has 2 rings (SSSR count). The molecule has 1 aliphatic heterocycles. The Labute approximate surface area is 116 Å². The van der Waals surface area contributed by atoms with Gasteiger partial charge in [-0.2, -0.15) is 4.98 Å². The first-order chi connectivity index (χ1) is 8.87. The smallest absolute Gasteiger partial charge is 0.239 e. The fourth-order valence-corrected chi connectivity index (χ4v) is 2.29. The zero-order valence-electron chi connectivity index (χ0n) is 12.4. The minimum absolute atomic E-state index is 0.363. The molecule has 1 aliphatic rings. The molecule has 106 valence electrons. The van der Waals surface area contributed by atoms with Crippen LogP contribution in [0.25, 0.3) is 0 Å². The summed E-state index contributed by atoms with van der Waals surface area (Å²) in [5.74, 6) is 2.00. The highest BCUT2D eigenvalue weighted by Gasteiger charge is 2.30. The van der Waals surface area contributed by atoms with Crippen LogP contribution in [0.15, 0.2) is 12.1 Å². The molecule has 0 unspecified atom stereocenters. The van der Waals surface area contributed by atoms with Gasteiger partial charge in [0.25, 0.3) is 0 Å². The second-order valence-corrected chi connectivity index (χ2v) is 6.60. The van der Waals surface area contributed by atoms with E-state index in [1.807, 2.05) is 12.1 Å². The molecular formula is C15H25N3O. The van der Waals surface area contributed by atoms with E-state index >= 15 is 0 Å². The zero-order valence-corrected chi connectivity index (χ0v) is 12.4. The fraction of sp³-hybridized carbons (Fsp3) is 0.667. The van der Waals surface area contributed by atoms with E-state index in [0.29, 0.717) is 29.5 Å². The summed E-state index contributed by atoms with van der Waals surface area (Å²) in [6.07, 6.45) is 1.20. The van der Waals surface area contributed by atoms with Crippen molar-refractivity contribution in [3.05, 3.63) is 12.1 Å². The molecule has 1 saturated heterocycles. The zero-order chi connectivity index (χ0) is 14.0. The largest absolute Gasteiger partial charge is 0.476 e. The number of rotatable bonds is 4. The Morgan fingerprint density at radius 1 is 1.42 bits per heavy atom. The van der Waals surface area contributed by atoms with Crippen LogP contribution >= 0.6 is 0 Å². The van der Waals surface area contributed by atoms with Gasteiger partial charge in [0.1, 0.15) is 5.82 Å². The van der Waals surface area contributed by atoms with Crippen LogP contribution in [0.3, 0.4) is 0 Å². The molecule has 0 spiro atoms. The topological polar surface area (TPSA) is 51.4 Å². The fourth-order valence-electron chi connectivity index (χ4n) is 2.29. The Hall–Kier alpha value is -1.45. The lowest BCUT2D eigenvalue weighted by Crippen LogP contribution is -2.23. The highest BCUT2D eigenvalue weighted by Crippen LogP contribution is 2.33. The molecule has 0 amide bonds. The number of hydrogen-bond acceptors (Lipinski definition) is 4. The average Bonchev–Trinajstić information content (AvgIpc) is 2.68. The van der Waals surface area contributed by atoms with Crippen LogP contribution in [0.2, 0.25) is 0 Å². The summed E-state index contributed by atoms with van der Waals surface area (Å²) in [5, 5.41) is 0. The second-order valence-electron chi connectivity index (χ2n) is 6.60. The first-order valence-corrected chi connectivity index (χ1v) is 7.02. The van der Waals surface area contributed by atoms with Gasteiger partial charge < -0.3 is 15.4 Å². The lowest BCUT2D eigenvalue weighted by molar-refractivity contribution is 0.263. The first kappa shape index (κ1) is 14.0. The number of nitrogens with two attached hydrogens (primary N) is 1. The normalized spacial score (nSPS) is 18.1. The van der Waals surface area contributed by atoms with Crippen LogP contribution in [0, 0.1) is 11.3 Å². The molecule has 0 bridgehead atoms. The van der Waals surface area contributed by atoms with Crippen molar-refractivity contribution in [2.45, 2.75) is 34.1 Å². The Balaban J connectivity index is 2.12. The van der Waals surface area contributed by atoms with Gasteiger partial charge in [0.15, 0.2) is 0 Å². The van der Waals surface area contributed by atoms with Gasteiger partial charge in [0.05, 0.1) is 12.3 Å². The molecule has 2 heterocycles. The average molecular weight is 263 g/mol. The van der Waals surface area contributed by atoms with E-state index in [1.54, 1.807) is 0 Å². The summed E-state index contributed by atoms with van der Waals surface area (Å²) < 4.78 is 5.69. The van der Waals surface area contributed by atoms with Crippen LogP contribution < -0.4 is 15.4 Å². The van der Waals surface area contributed by atoms with Crippen molar-refractivity contribution in [2.75, 3.05) is 30.3 Å². The van der Waals surface area contributed by atoms with E-state index < -0.39 is 0 Å². The minimum Gasteiger partial charge on any atom is -0.476 e. The molecule has 2 N–H and O–H groups in total. The second kappa shape index (κ2) is 5.27. The van der Waals surface area contributed by atoms with Gasteiger partial charge >= 0.3 is 0 Å². The molecule has 1 aromatic heterocycles. The monoisotopic (exact) mass is 263 g/mol. The molecule has 0 aliphatic carbocycles. The van der Waals surface area contributed by atoms with Gasteiger partial charge in [-0.15, -0.1) is 0 Å². The van der Waals surface area contributed by atoms with E-state index in [1.165, 1.54) is 6.42 Å². The Kier molecular flexibility index (Phi) is 3.88. The summed E-state index contributed by atoms with van der Waals surface area (Å²) in [4.78, 5) is 6.88. The molecule has 0 aromatic carbocycles. The van der Waals surface area contributed by atoms with Gasteiger partial charge in [0.2, 0.25) is 5.88 Å². The number of hydrogen-bond donors (Lipinski definition) is 1. The van der Waals surface area contributed by atoms with Gasteiger partial charge in [-0.1, -0.05) is 27.7 Å². The van der Waals surface area contributed by atoms with E-state index in [2.05, 4.69) is 37.6 Å². The lowest BCUT2D eigenvalue weighted by Gasteiger charge is -2.21. The minimum atomic E-state index is 0.363. The summed E-state index contributed by atoms with van der Waals surface area (Å²) in [5.41, 5.74) is 6.90. The van der Waals surface area contributed by atoms with Crippen LogP contribution in [0.5, 0.6) is 5.88 Å². The number of anilines is 2. The quantitative estimate of drug-likeness (QED) is 0.907. The third kappa shape index (κ3) is 3.52. The van der Waals surface area contributed by atoms with E-state index in [0.717, 1.165) is 18.9 Å². The Morgan fingerprint density at radius 3 is 2.74 bits per heavy atom. The summed E-state index contributed by atoms with van der Waals surface area (Å²) >= 11 is 0. The first-order valence-electron chi connectivity index (χ1n) is 7.02. The number of nitrogens with zero attached hydrogens (tertiary/aromatic N) is 2. The van der Waals surface area contributed by atoms with Crippen molar-refractivity contribution in [1.82, 2.24) is 4.98 Å². The standard InChI is InChI=1S/C15H25N3O/c1-11(2)9-19-14-12(16)5-6-13(17-14)18-8-7-15(3,4)10-18/h5-6,11H,7-10,16H2,1-4H3. The highest BCUT2D eigenvalue weighted by molar-refractivity contribution is 5.55. The van der Waals surface area contributed by atoms with Crippen molar-refractivity contribution in [3.8, 4) is 5.88 Å². The third-order valence-corrected chi connectivity index (χ3v) is 3.43. The molecule has 0 radical (unpaired) electrons. The maximum Gasteiger partial charge on any atom is 0.239 e. The Morgan fingerprint density at radius 2 is 2.16 bits per heavy atom. The maximum absolute atomic E-state index is 5.92. The van der Waals surface area contributed by atoms with Crippen molar-refractivity contribution >= 4 is 11.5 Å². The number of pyridine rings is 1. The number of ether oxygens (including phenoxy) is 1. The molecule has 1 aromatic rings. The molecule has 4 nitrogen and oxygen atoms in total. The molecular weight excluding hydrogens is 238 g/mol. The van der Waals surface area contributed by atoms with Gasteiger partial charge in [-0.05, 0) is 29.9 Å². The molecule has 0 saturated carbocycles. The van der Waals surface area contributed by atoms with E-state index in [9.17, 15) is 0 Å². The van der Waals surface area contributed by atoms with Crippen LogP contribution in [0.4, 0.5) is 11.5 Å². The Bertz CT molecular complexity index is 443. The molecule has 4 heteroatoms. The van der Waals surface area contributed by atoms with Crippen LogP contribution in [0.1, 0.15) is 34.1 Å².